The molecule has 0 aliphatic heterocycles. The van der Waals surface area contributed by atoms with Gasteiger partial charge in [-0.2, -0.15) is 0 Å². The topological polar surface area (TPSA) is 57.2 Å². The maximum Gasteiger partial charge on any atom is 0.355 e. The summed E-state index contributed by atoms with van der Waals surface area (Å²) in [6, 6.07) is 1.62. The number of aromatic nitrogens is 1. The molecule has 1 rings (SSSR count). The maximum atomic E-state index is 11.6. The smallest absolute Gasteiger partial charge is 0.355 e. The highest BCUT2D eigenvalue weighted by molar-refractivity contribution is 5.89. The van der Waals surface area contributed by atoms with Crippen LogP contribution in [-0.4, -0.2) is 17.1 Å². The molecule has 84 valence electrons. The molecule has 0 saturated heterocycles. The predicted octanol–water partition coefficient (Wildman–Crippen LogP) is 1.81. The Morgan fingerprint density at radius 2 is 2.27 bits per heavy atom. The van der Waals surface area contributed by atoms with Crippen LogP contribution in [-0.2, 0) is 11.8 Å². The molecule has 0 aromatic carbocycles. The first-order chi connectivity index (χ1) is 7.00. The average molecular weight is 210 g/mol. The lowest BCUT2D eigenvalue weighted by Gasteiger charge is -2.06. The number of rotatable bonds is 4. The number of hydrogen-bond donors (Lipinski definition) is 1. The Morgan fingerprint density at radius 3 is 2.73 bits per heavy atom. The van der Waals surface area contributed by atoms with E-state index >= 15 is 0 Å². The molecule has 0 spiro atoms. The van der Waals surface area contributed by atoms with Gasteiger partial charge in [0.2, 0.25) is 0 Å². The van der Waals surface area contributed by atoms with Crippen LogP contribution in [0, 0.1) is 5.92 Å². The minimum absolute atomic E-state index is 0.310. The van der Waals surface area contributed by atoms with Crippen LogP contribution >= 0.6 is 0 Å². The third-order valence-electron chi connectivity index (χ3n) is 2.16. The Bertz CT molecular complexity index is 342. The van der Waals surface area contributed by atoms with E-state index in [9.17, 15) is 4.79 Å². The number of nitrogens with two attached hydrogens (primary N) is 1. The van der Waals surface area contributed by atoms with Crippen LogP contribution in [0.2, 0.25) is 0 Å². The number of nitrogens with zero attached hydrogens (tertiary/aromatic N) is 1. The highest BCUT2D eigenvalue weighted by Gasteiger charge is 2.12. The van der Waals surface area contributed by atoms with E-state index in [-0.39, 0.29) is 5.97 Å². The molecule has 0 aliphatic carbocycles. The lowest BCUT2D eigenvalue weighted by atomic mass is 10.1. The lowest BCUT2D eigenvalue weighted by molar-refractivity contribution is 0.0477. The molecule has 4 heteroatoms. The fourth-order valence-electron chi connectivity index (χ4n) is 1.25. The summed E-state index contributed by atoms with van der Waals surface area (Å²) in [7, 11) is 1.77. The van der Waals surface area contributed by atoms with E-state index in [4.69, 9.17) is 10.5 Å². The molecular formula is C11H18N2O2. The van der Waals surface area contributed by atoms with Crippen LogP contribution in [0.3, 0.4) is 0 Å². The van der Waals surface area contributed by atoms with Gasteiger partial charge < -0.3 is 15.0 Å². The van der Waals surface area contributed by atoms with Gasteiger partial charge >= 0.3 is 5.97 Å². The van der Waals surface area contributed by atoms with E-state index in [2.05, 4.69) is 13.8 Å². The Kier molecular flexibility index (Phi) is 3.77. The third kappa shape index (κ3) is 3.31. The van der Waals surface area contributed by atoms with Gasteiger partial charge in [0.1, 0.15) is 5.69 Å². The van der Waals surface area contributed by atoms with Crippen molar-refractivity contribution in [3.8, 4) is 0 Å². The standard InChI is InChI=1S/C11H18N2O2/c1-8(2)4-5-15-11(14)10-6-9(12)7-13(10)3/h6-8H,4-5,12H2,1-3H3. The first kappa shape index (κ1) is 11.6. The van der Waals surface area contributed by atoms with Crippen LogP contribution in [0.1, 0.15) is 30.8 Å². The first-order valence-corrected chi connectivity index (χ1v) is 5.09. The minimum Gasteiger partial charge on any atom is -0.461 e. The number of hydrogen-bond acceptors (Lipinski definition) is 3. The molecule has 4 nitrogen and oxygen atoms in total. The molecule has 0 radical (unpaired) electrons. The Morgan fingerprint density at radius 1 is 1.60 bits per heavy atom. The van der Waals surface area contributed by atoms with Crippen LogP contribution in [0.25, 0.3) is 0 Å². The number of aryl methyl sites for hydroxylation is 1. The van der Waals surface area contributed by atoms with E-state index in [1.165, 1.54) is 0 Å². The average Bonchev–Trinajstić information content (AvgIpc) is 2.44. The highest BCUT2D eigenvalue weighted by atomic mass is 16.5. The summed E-state index contributed by atoms with van der Waals surface area (Å²) >= 11 is 0. The third-order valence-corrected chi connectivity index (χ3v) is 2.16. The maximum absolute atomic E-state index is 11.6. The van der Waals surface area contributed by atoms with E-state index in [1.807, 2.05) is 0 Å². The van der Waals surface area contributed by atoms with Gasteiger partial charge in [-0.15, -0.1) is 0 Å². The number of nitrogen functional groups attached to an aromatic ring is 1. The fourth-order valence-corrected chi connectivity index (χ4v) is 1.25. The van der Waals surface area contributed by atoms with Crippen molar-refractivity contribution in [2.75, 3.05) is 12.3 Å². The molecule has 0 saturated carbocycles. The van der Waals surface area contributed by atoms with Gasteiger partial charge in [-0.05, 0) is 18.4 Å². The van der Waals surface area contributed by atoms with Gasteiger partial charge in [0, 0.05) is 13.2 Å². The molecule has 0 aliphatic rings. The summed E-state index contributed by atoms with van der Waals surface area (Å²) < 4.78 is 6.79. The van der Waals surface area contributed by atoms with E-state index in [0.29, 0.717) is 23.9 Å². The number of anilines is 1. The van der Waals surface area contributed by atoms with Crippen molar-refractivity contribution < 1.29 is 9.53 Å². The van der Waals surface area contributed by atoms with Crippen LogP contribution in [0.15, 0.2) is 12.3 Å². The molecule has 0 atom stereocenters. The zero-order valence-electron chi connectivity index (χ0n) is 9.49. The van der Waals surface area contributed by atoms with Gasteiger partial charge in [-0.3, -0.25) is 0 Å². The SMILES string of the molecule is CC(C)CCOC(=O)c1cc(N)cn1C. The minimum atomic E-state index is -0.310. The molecular weight excluding hydrogens is 192 g/mol. The molecule has 1 aromatic heterocycles. The largest absolute Gasteiger partial charge is 0.461 e. The quantitative estimate of drug-likeness (QED) is 0.771. The van der Waals surface area contributed by atoms with Gasteiger partial charge in [-0.1, -0.05) is 13.8 Å². The molecule has 1 heterocycles. The molecule has 15 heavy (non-hydrogen) atoms. The molecule has 1 aromatic rings. The zero-order chi connectivity index (χ0) is 11.4. The molecule has 0 bridgehead atoms. The van der Waals surface area contributed by atoms with Crippen molar-refractivity contribution in [1.29, 1.82) is 0 Å². The van der Waals surface area contributed by atoms with Crippen molar-refractivity contribution in [3.05, 3.63) is 18.0 Å². The first-order valence-electron chi connectivity index (χ1n) is 5.09. The van der Waals surface area contributed by atoms with Gasteiger partial charge in [0.05, 0.1) is 12.3 Å². The number of esters is 1. The predicted molar refractivity (Wildman–Crippen MR) is 59.6 cm³/mol. The monoisotopic (exact) mass is 210 g/mol. The van der Waals surface area contributed by atoms with Crippen molar-refractivity contribution in [2.45, 2.75) is 20.3 Å². The number of carbonyl (C=O) groups is 1. The second kappa shape index (κ2) is 4.87. The second-order valence-corrected chi connectivity index (χ2v) is 4.09. The van der Waals surface area contributed by atoms with Gasteiger partial charge in [0.15, 0.2) is 0 Å². The van der Waals surface area contributed by atoms with Crippen molar-refractivity contribution in [2.24, 2.45) is 13.0 Å². The lowest BCUT2D eigenvalue weighted by Crippen LogP contribution is -2.11. The summed E-state index contributed by atoms with van der Waals surface area (Å²) in [6.07, 6.45) is 2.57. The van der Waals surface area contributed by atoms with Gasteiger partial charge in [0.25, 0.3) is 0 Å². The molecule has 2 N–H and O–H groups in total. The Balaban J connectivity index is 2.50. The normalized spacial score (nSPS) is 10.7. The summed E-state index contributed by atoms with van der Waals surface area (Å²) in [4.78, 5) is 11.6. The van der Waals surface area contributed by atoms with E-state index in [0.717, 1.165) is 6.42 Å². The molecule has 0 fully saturated rings. The van der Waals surface area contributed by atoms with Crippen molar-refractivity contribution in [1.82, 2.24) is 4.57 Å². The van der Waals surface area contributed by atoms with Crippen LogP contribution < -0.4 is 5.73 Å². The van der Waals surface area contributed by atoms with Gasteiger partial charge in [-0.25, -0.2) is 4.79 Å². The van der Waals surface area contributed by atoms with Crippen LogP contribution in [0.5, 0.6) is 0 Å². The summed E-state index contributed by atoms with van der Waals surface area (Å²) in [5.74, 6) is 0.228. The summed E-state index contributed by atoms with van der Waals surface area (Å²) in [6.45, 7) is 4.64. The second-order valence-electron chi connectivity index (χ2n) is 4.09. The molecule has 0 unspecified atom stereocenters. The Hall–Kier alpha value is -1.45. The zero-order valence-corrected chi connectivity index (χ0v) is 9.49. The number of carbonyl (C=O) groups excluding carboxylic acids is 1. The van der Waals surface area contributed by atoms with E-state index < -0.39 is 0 Å². The Labute approximate surface area is 90.0 Å². The summed E-state index contributed by atoms with van der Waals surface area (Å²) in [5, 5.41) is 0. The van der Waals surface area contributed by atoms with Crippen LogP contribution in [0.4, 0.5) is 5.69 Å². The van der Waals surface area contributed by atoms with Crippen molar-refractivity contribution in [3.63, 3.8) is 0 Å². The van der Waals surface area contributed by atoms with Crippen molar-refractivity contribution >= 4 is 11.7 Å². The molecule has 0 amide bonds. The van der Waals surface area contributed by atoms with E-state index in [1.54, 1.807) is 23.9 Å². The highest BCUT2D eigenvalue weighted by Crippen LogP contribution is 2.10. The number of ether oxygens (including phenoxy) is 1. The fraction of sp³-hybridized carbons (Fsp3) is 0.545. The summed E-state index contributed by atoms with van der Waals surface area (Å²) in [5.41, 5.74) is 6.64.